The summed E-state index contributed by atoms with van der Waals surface area (Å²) in [4.78, 5) is 23.5. The van der Waals surface area contributed by atoms with Crippen LogP contribution in [0.3, 0.4) is 0 Å². The highest BCUT2D eigenvalue weighted by Gasteiger charge is 2.06. The first kappa shape index (κ1) is 22.2. The number of carbonyl (C=O) groups is 2. The molecule has 0 aliphatic heterocycles. The van der Waals surface area contributed by atoms with Crippen molar-refractivity contribution in [1.82, 2.24) is 10.7 Å². The van der Waals surface area contributed by atoms with E-state index in [-0.39, 0.29) is 13.2 Å². The van der Waals surface area contributed by atoms with Crippen molar-refractivity contribution >= 4 is 29.6 Å². The third-order valence-corrected chi connectivity index (χ3v) is 3.75. The van der Waals surface area contributed by atoms with E-state index in [1.165, 1.54) is 6.21 Å². The molecular formula is C21H24ClN3O4. The molecule has 8 heteroatoms. The molecule has 29 heavy (non-hydrogen) atoms. The Morgan fingerprint density at radius 3 is 2.28 bits per heavy atom. The molecule has 154 valence electrons. The summed E-state index contributed by atoms with van der Waals surface area (Å²) in [5, 5.41) is 6.89. The van der Waals surface area contributed by atoms with Gasteiger partial charge in [-0.05, 0) is 60.0 Å². The van der Waals surface area contributed by atoms with E-state index in [9.17, 15) is 9.59 Å². The number of nitrogens with one attached hydrogen (secondary N) is 2. The smallest absolute Gasteiger partial charge is 0.259 e. The average molecular weight is 418 g/mol. The Morgan fingerprint density at radius 2 is 1.62 bits per heavy atom. The van der Waals surface area contributed by atoms with E-state index < -0.39 is 11.8 Å². The fourth-order valence-electron chi connectivity index (χ4n) is 2.04. The summed E-state index contributed by atoms with van der Waals surface area (Å²) >= 11 is 5.77. The van der Waals surface area contributed by atoms with Crippen molar-refractivity contribution in [2.24, 2.45) is 11.0 Å². The SMILES string of the molecule is CC(C)COc1ccc(C=NNC(=O)CNC(=O)COc2ccc(Cl)cc2)cc1. The van der Waals surface area contributed by atoms with Gasteiger partial charge in [-0.25, -0.2) is 5.43 Å². The van der Waals surface area contributed by atoms with Crippen molar-refractivity contribution in [3.8, 4) is 11.5 Å². The topological polar surface area (TPSA) is 89.0 Å². The molecule has 2 aromatic carbocycles. The number of nitrogens with zero attached hydrogens (tertiary/aromatic N) is 1. The summed E-state index contributed by atoms with van der Waals surface area (Å²) < 4.78 is 10.9. The van der Waals surface area contributed by atoms with Crippen LogP contribution in [-0.2, 0) is 9.59 Å². The van der Waals surface area contributed by atoms with Crippen LogP contribution in [0.2, 0.25) is 5.02 Å². The summed E-state index contributed by atoms with van der Waals surface area (Å²) in [6.45, 7) is 4.41. The Bertz CT molecular complexity index is 821. The number of halogens is 1. The first-order chi connectivity index (χ1) is 13.9. The molecule has 0 saturated heterocycles. The maximum absolute atomic E-state index is 11.7. The lowest BCUT2D eigenvalue weighted by Crippen LogP contribution is -2.37. The number of hydrazone groups is 1. The zero-order valence-corrected chi connectivity index (χ0v) is 17.1. The number of carbonyl (C=O) groups excluding carboxylic acids is 2. The molecule has 2 N–H and O–H groups in total. The van der Waals surface area contributed by atoms with Gasteiger partial charge in [0.15, 0.2) is 6.61 Å². The molecular weight excluding hydrogens is 394 g/mol. The molecule has 2 amide bonds. The molecule has 2 aromatic rings. The van der Waals surface area contributed by atoms with Crippen LogP contribution in [0.25, 0.3) is 0 Å². The molecule has 7 nitrogen and oxygen atoms in total. The van der Waals surface area contributed by atoms with E-state index in [0.29, 0.717) is 23.3 Å². The molecule has 0 unspecified atom stereocenters. The predicted octanol–water partition coefficient (Wildman–Crippen LogP) is 3.02. The Morgan fingerprint density at radius 1 is 1.00 bits per heavy atom. The third-order valence-electron chi connectivity index (χ3n) is 3.50. The fraction of sp³-hybridized carbons (Fsp3) is 0.286. The van der Waals surface area contributed by atoms with Gasteiger partial charge in [0.05, 0.1) is 19.4 Å². The molecule has 0 heterocycles. The van der Waals surface area contributed by atoms with Crippen LogP contribution < -0.4 is 20.2 Å². The van der Waals surface area contributed by atoms with E-state index in [1.54, 1.807) is 24.3 Å². The van der Waals surface area contributed by atoms with Gasteiger partial charge in [-0.2, -0.15) is 5.10 Å². The Hall–Kier alpha value is -3.06. The van der Waals surface area contributed by atoms with Crippen LogP contribution in [0.15, 0.2) is 53.6 Å². The van der Waals surface area contributed by atoms with Gasteiger partial charge in [0.1, 0.15) is 11.5 Å². The van der Waals surface area contributed by atoms with Crippen molar-refractivity contribution in [3.05, 3.63) is 59.1 Å². The predicted molar refractivity (Wildman–Crippen MR) is 112 cm³/mol. The van der Waals surface area contributed by atoms with Crippen LogP contribution in [-0.4, -0.2) is 37.8 Å². The number of amides is 2. The highest BCUT2D eigenvalue weighted by molar-refractivity contribution is 6.30. The standard InChI is InChI=1S/C21H24ClN3O4/c1-15(2)13-28-18-7-3-16(4-8-18)11-24-25-20(26)12-23-21(27)14-29-19-9-5-17(22)6-10-19/h3-11,15H,12-14H2,1-2H3,(H,23,27)(H,25,26). The summed E-state index contributed by atoms with van der Waals surface area (Å²) in [6.07, 6.45) is 1.51. The van der Waals surface area contributed by atoms with Crippen molar-refractivity contribution in [1.29, 1.82) is 0 Å². The van der Waals surface area contributed by atoms with Crippen molar-refractivity contribution < 1.29 is 19.1 Å². The molecule has 0 aromatic heterocycles. The minimum absolute atomic E-state index is 0.205. The van der Waals surface area contributed by atoms with E-state index >= 15 is 0 Å². The van der Waals surface area contributed by atoms with Crippen LogP contribution in [0.1, 0.15) is 19.4 Å². The molecule has 0 fully saturated rings. The van der Waals surface area contributed by atoms with Gasteiger partial charge in [0.25, 0.3) is 11.8 Å². The van der Waals surface area contributed by atoms with Gasteiger partial charge in [-0.3, -0.25) is 9.59 Å². The van der Waals surface area contributed by atoms with Crippen molar-refractivity contribution in [3.63, 3.8) is 0 Å². The van der Waals surface area contributed by atoms with Crippen LogP contribution in [0, 0.1) is 5.92 Å². The minimum Gasteiger partial charge on any atom is -0.493 e. The van der Waals surface area contributed by atoms with Gasteiger partial charge in [0.2, 0.25) is 0 Å². The quantitative estimate of drug-likeness (QED) is 0.459. The molecule has 0 aliphatic rings. The molecule has 0 aliphatic carbocycles. The number of ether oxygens (including phenoxy) is 2. The van der Waals surface area contributed by atoms with E-state index in [0.717, 1.165) is 11.3 Å². The number of benzene rings is 2. The maximum Gasteiger partial charge on any atom is 0.259 e. The van der Waals surface area contributed by atoms with Crippen LogP contribution >= 0.6 is 11.6 Å². The fourth-order valence-corrected chi connectivity index (χ4v) is 2.17. The van der Waals surface area contributed by atoms with Gasteiger partial charge in [-0.1, -0.05) is 25.4 Å². The monoisotopic (exact) mass is 417 g/mol. The number of hydrogen-bond acceptors (Lipinski definition) is 5. The zero-order valence-electron chi connectivity index (χ0n) is 16.4. The second kappa shape index (κ2) is 11.7. The van der Waals surface area contributed by atoms with Crippen LogP contribution in [0.4, 0.5) is 0 Å². The zero-order chi connectivity index (χ0) is 21.1. The van der Waals surface area contributed by atoms with E-state index in [2.05, 4.69) is 29.7 Å². The molecule has 0 saturated carbocycles. The van der Waals surface area contributed by atoms with Crippen molar-refractivity contribution in [2.45, 2.75) is 13.8 Å². The van der Waals surface area contributed by atoms with E-state index in [4.69, 9.17) is 21.1 Å². The Labute approximate surface area is 175 Å². The average Bonchev–Trinajstić information content (AvgIpc) is 2.71. The Kier molecular flexibility index (Phi) is 8.98. The number of rotatable bonds is 10. The van der Waals surface area contributed by atoms with E-state index in [1.807, 2.05) is 24.3 Å². The number of hydrogen-bond donors (Lipinski definition) is 2. The van der Waals surface area contributed by atoms with Gasteiger partial charge in [0, 0.05) is 5.02 Å². The lowest BCUT2D eigenvalue weighted by molar-refractivity contribution is -0.127. The lowest BCUT2D eigenvalue weighted by Gasteiger charge is -2.08. The Balaban J connectivity index is 1.65. The molecule has 0 radical (unpaired) electrons. The van der Waals surface area contributed by atoms with Gasteiger partial charge >= 0.3 is 0 Å². The summed E-state index contributed by atoms with van der Waals surface area (Å²) in [7, 11) is 0. The molecule has 0 atom stereocenters. The van der Waals surface area contributed by atoms with Gasteiger partial charge < -0.3 is 14.8 Å². The molecule has 0 spiro atoms. The first-order valence-corrected chi connectivity index (χ1v) is 9.50. The van der Waals surface area contributed by atoms with Crippen LogP contribution in [0.5, 0.6) is 11.5 Å². The second-order valence-corrected chi connectivity index (χ2v) is 7.02. The second-order valence-electron chi connectivity index (χ2n) is 6.59. The minimum atomic E-state index is -0.446. The molecule has 0 bridgehead atoms. The largest absolute Gasteiger partial charge is 0.493 e. The highest BCUT2D eigenvalue weighted by Crippen LogP contribution is 2.15. The first-order valence-electron chi connectivity index (χ1n) is 9.12. The normalized spacial score (nSPS) is 10.8. The molecule has 2 rings (SSSR count). The van der Waals surface area contributed by atoms with Crippen molar-refractivity contribution in [2.75, 3.05) is 19.8 Å². The summed E-state index contributed by atoms with van der Waals surface area (Å²) in [6, 6.07) is 14.0. The van der Waals surface area contributed by atoms with Gasteiger partial charge in [-0.15, -0.1) is 0 Å². The maximum atomic E-state index is 11.7. The summed E-state index contributed by atoms with van der Waals surface area (Å²) in [5.41, 5.74) is 3.16. The third kappa shape index (κ3) is 9.12. The highest BCUT2D eigenvalue weighted by atomic mass is 35.5. The lowest BCUT2D eigenvalue weighted by atomic mass is 10.2. The summed E-state index contributed by atoms with van der Waals surface area (Å²) in [5.74, 6) is 0.882.